The third-order valence-corrected chi connectivity index (χ3v) is 5.56. The molecule has 28 heavy (non-hydrogen) atoms. The molecule has 2 heterocycles. The van der Waals surface area contributed by atoms with Crippen LogP contribution in [0.1, 0.15) is 6.42 Å². The summed E-state index contributed by atoms with van der Waals surface area (Å²) in [7, 11) is 1.69. The fourth-order valence-electron chi connectivity index (χ4n) is 3.69. The summed E-state index contributed by atoms with van der Waals surface area (Å²) in [5, 5.41) is 5.98. The molecule has 0 saturated carbocycles. The van der Waals surface area contributed by atoms with E-state index in [1.54, 1.807) is 13.3 Å². The number of ether oxygens (including phenoxy) is 1. The van der Waals surface area contributed by atoms with Gasteiger partial charge in [0.2, 0.25) is 5.91 Å². The normalized spacial score (nSPS) is 14.5. The van der Waals surface area contributed by atoms with Gasteiger partial charge >= 0.3 is 0 Å². The van der Waals surface area contributed by atoms with Crippen LogP contribution >= 0.6 is 11.6 Å². The number of carbonyl (C=O) groups is 1. The van der Waals surface area contributed by atoms with Gasteiger partial charge in [-0.25, -0.2) is 0 Å². The Morgan fingerprint density at radius 2 is 1.89 bits per heavy atom. The van der Waals surface area contributed by atoms with Crippen LogP contribution in [0, 0.1) is 0 Å². The number of para-hydroxylation sites is 2. The molecule has 3 aromatic rings. The highest BCUT2D eigenvalue weighted by atomic mass is 35.5. The summed E-state index contributed by atoms with van der Waals surface area (Å²) in [5.74, 6) is 1.02. The zero-order valence-electron chi connectivity index (χ0n) is 15.8. The van der Waals surface area contributed by atoms with Crippen molar-refractivity contribution >= 4 is 34.1 Å². The molecule has 0 N–H and O–H groups in total. The topological polar surface area (TPSA) is 50.6 Å². The van der Waals surface area contributed by atoms with E-state index in [2.05, 4.69) is 16.1 Å². The summed E-state index contributed by atoms with van der Waals surface area (Å²) in [6.45, 7) is 3.57. The third kappa shape index (κ3) is 3.64. The van der Waals surface area contributed by atoms with Gasteiger partial charge in [-0.15, -0.1) is 0 Å². The molecule has 1 fully saturated rings. The largest absolute Gasteiger partial charge is 0.495 e. The minimum Gasteiger partial charge on any atom is -0.495 e. The van der Waals surface area contributed by atoms with Crippen molar-refractivity contribution in [1.29, 1.82) is 0 Å². The molecule has 6 nitrogen and oxygen atoms in total. The van der Waals surface area contributed by atoms with Crippen molar-refractivity contribution in [3.05, 3.63) is 53.7 Å². The Hall–Kier alpha value is -2.73. The van der Waals surface area contributed by atoms with Gasteiger partial charge in [0.05, 0.1) is 36.1 Å². The van der Waals surface area contributed by atoms with Gasteiger partial charge in [0, 0.05) is 38.0 Å². The van der Waals surface area contributed by atoms with Crippen LogP contribution < -0.4 is 9.64 Å². The van der Waals surface area contributed by atoms with Gasteiger partial charge in [0.25, 0.3) is 0 Å². The van der Waals surface area contributed by atoms with Crippen LogP contribution in [0.25, 0.3) is 10.9 Å². The molecular weight excluding hydrogens is 376 g/mol. The average molecular weight is 399 g/mol. The fraction of sp³-hybridized carbons (Fsp3) is 0.333. The number of rotatable bonds is 5. The SMILES string of the molecule is COc1ccccc1N1CCN(C(=O)CCn2ncc3c(Cl)cccc32)CC1. The minimum absolute atomic E-state index is 0.158. The van der Waals surface area contributed by atoms with E-state index in [1.165, 1.54) is 0 Å². The molecule has 0 aliphatic carbocycles. The molecule has 1 saturated heterocycles. The lowest BCUT2D eigenvalue weighted by Gasteiger charge is -2.36. The Labute approximate surface area is 169 Å². The summed E-state index contributed by atoms with van der Waals surface area (Å²) in [5.41, 5.74) is 2.04. The third-order valence-electron chi connectivity index (χ3n) is 5.23. The first-order chi connectivity index (χ1) is 13.7. The second kappa shape index (κ2) is 8.10. The molecule has 1 aliphatic heterocycles. The van der Waals surface area contributed by atoms with E-state index in [1.807, 2.05) is 46.0 Å². The monoisotopic (exact) mass is 398 g/mol. The van der Waals surface area contributed by atoms with Gasteiger partial charge in [-0.1, -0.05) is 29.8 Å². The van der Waals surface area contributed by atoms with Crippen LogP contribution in [0.2, 0.25) is 5.02 Å². The number of fused-ring (bicyclic) bond motifs is 1. The second-order valence-electron chi connectivity index (χ2n) is 6.83. The zero-order valence-corrected chi connectivity index (χ0v) is 16.6. The Balaban J connectivity index is 1.35. The average Bonchev–Trinajstić information content (AvgIpc) is 3.16. The molecule has 0 atom stereocenters. The van der Waals surface area contributed by atoms with Gasteiger partial charge in [0.15, 0.2) is 0 Å². The number of piperazine rings is 1. The van der Waals surface area contributed by atoms with Crippen LogP contribution in [0.3, 0.4) is 0 Å². The maximum absolute atomic E-state index is 12.7. The molecular formula is C21H23ClN4O2. The quantitative estimate of drug-likeness (QED) is 0.660. The number of hydrogen-bond acceptors (Lipinski definition) is 4. The summed E-state index contributed by atoms with van der Waals surface area (Å²) in [4.78, 5) is 16.9. The number of nitrogens with zero attached hydrogens (tertiary/aromatic N) is 4. The molecule has 0 spiro atoms. The van der Waals surface area contributed by atoms with Crippen molar-refractivity contribution in [3.8, 4) is 5.75 Å². The van der Waals surface area contributed by atoms with Gasteiger partial charge in [-0.3, -0.25) is 9.48 Å². The molecule has 2 aromatic carbocycles. The Bertz CT molecular complexity index is 979. The minimum atomic E-state index is 0.158. The molecule has 4 rings (SSSR count). The Morgan fingerprint density at radius 3 is 2.68 bits per heavy atom. The summed E-state index contributed by atoms with van der Waals surface area (Å²) in [6, 6.07) is 13.7. The fourth-order valence-corrected chi connectivity index (χ4v) is 3.91. The molecule has 0 unspecified atom stereocenters. The van der Waals surface area contributed by atoms with E-state index in [4.69, 9.17) is 16.3 Å². The van der Waals surface area contributed by atoms with Crippen molar-refractivity contribution in [1.82, 2.24) is 14.7 Å². The first-order valence-corrected chi connectivity index (χ1v) is 9.81. The molecule has 1 aliphatic rings. The molecule has 0 radical (unpaired) electrons. The molecule has 7 heteroatoms. The van der Waals surface area contributed by atoms with E-state index < -0.39 is 0 Å². The summed E-state index contributed by atoms with van der Waals surface area (Å²) in [6.07, 6.45) is 2.19. The summed E-state index contributed by atoms with van der Waals surface area (Å²) < 4.78 is 7.31. The molecule has 1 aromatic heterocycles. The Kier molecular flexibility index (Phi) is 5.39. The van der Waals surface area contributed by atoms with Crippen LogP contribution in [0.15, 0.2) is 48.7 Å². The number of halogens is 1. The smallest absolute Gasteiger partial charge is 0.224 e. The van der Waals surface area contributed by atoms with E-state index in [0.29, 0.717) is 31.1 Å². The number of aromatic nitrogens is 2. The lowest BCUT2D eigenvalue weighted by Crippen LogP contribution is -2.49. The maximum atomic E-state index is 12.7. The number of aryl methyl sites for hydroxylation is 1. The van der Waals surface area contributed by atoms with Gasteiger partial charge in [-0.05, 0) is 24.3 Å². The van der Waals surface area contributed by atoms with E-state index >= 15 is 0 Å². The Morgan fingerprint density at radius 1 is 1.11 bits per heavy atom. The van der Waals surface area contributed by atoms with Crippen molar-refractivity contribution in [2.45, 2.75) is 13.0 Å². The standard InChI is InChI=1S/C21H23ClN4O2/c1-28-20-8-3-2-6-19(20)24-11-13-25(14-12-24)21(27)9-10-26-18-7-4-5-17(22)16(18)15-23-26/h2-8,15H,9-14H2,1H3. The van der Waals surface area contributed by atoms with Crippen molar-refractivity contribution in [2.24, 2.45) is 0 Å². The van der Waals surface area contributed by atoms with Crippen molar-refractivity contribution < 1.29 is 9.53 Å². The number of anilines is 1. The number of methoxy groups -OCH3 is 1. The first-order valence-electron chi connectivity index (χ1n) is 9.43. The number of hydrogen-bond donors (Lipinski definition) is 0. The lowest BCUT2D eigenvalue weighted by atomic mass is 10.2. The molecule has 0 bridgehead atoms. The van der Waals surface area contributed by atoms with E-state index in [0.717, 1.165) is 35.4 Å². The number of carbonyl (C=O) groups excluding carboxylic acids is 1. The van der Waals surface area contributed by atoms with E-state index in [-0.39, 0.29) is 5.91 Å². The first kappa shape index (κ1) is 18.6. The predicted octanol–water partition coefficient (Wildman–Crippen LogP) is 3.44. The van der Waals surface area contributed by atoms with Crippen LogP contribution in [0.4, 0.5) is 5.69 Å². The van der Waals surface area contributed by atoms with Gasteiger partial charge in [0.1, 0.15) is 5.75 Å². The van der Waals surface area contributed by atoms with Crippen molar-refractivity contribution in [2.75, 3.05) is 38.2 Å². The highest BCUT2D eigenvalue weighted by Gasteiger charge is 2.22. The maximum Gasteiger partial charge on any atom is 0.224 e. The van der Waals surface area contributed by atoms with E-state index in [9.17, 15) is 4.79 Å². The lowest BCUT2D eigenvalue weighted by molar-refractivity contribution is -0.131. The highest BCUT2D eigenvalue weighted by molar-refractivity contribution is 6.35. The van der Waals surface area contributed by atoms with Crippen molar-refractivity contribution in [3.63, 3.8) is 0 Å². The molecule has 1 amide bonds. The van der Waals surface area contributed by atoms with Crippen LogP contribution in [-0.4, -0.2) is 53.9 Å². The van der Waals surface area contributed by atoms with Crippen LogP contribution in [-0.2, 0) is 11.3 Å². The van der Waals surface area contributed by atoms with Gasteiger partial charge in [-0.2, -0.15) is 5.10 Å². The number of amides is 1. The van der Waals surface area contributed by atoms with Gasteiger partial charge < -0.3 is 14.5 Å². The molecule has 146 valence electrons. The number of benzene rings is 2. The van der Waals surface area contributed by atoms with Crippen LogP contribution in [0.5, 0.6) is 5.75 Å². The zero-order chi connectivity index (χ0) is 19.5. The predicted molar refractivity (Wildman–Crippen MR) is 111 cm³/mol. The highest BCUT2D eigenvalue weighted by Crippen LogP contribution is 2.28. The summed E-state index contributed by atoms with van der Waals surface area (Å²) >= 11 is 6.20. The second-order valence-corrected chi connectivity index (χ2v) is 7.24.